The molecular formula is C15H16FNO2. The molecule has 0 spiro atoms. The van der Waals surface area contributed by atoms with Gasteiger partial charge in [-0.1, -0.05) is 6.07 Å². The summed E-state index contributed by atoms with van der Waals surface area (Å²) in [6, 6.07) is 7.83. The Hall–Kier alpha value is -2.23. The van der Waals surface area contributed by atoms with Crippen LogP contribution >= 0.6 is 0 Å². The second kappa shape index (κ2) is 5.18. The number of hydrogen-bond donors (Lipinski definition) is 3. The molecule has 0 amide bonds. The summed E-state index contributed by atoms with van der Waals surface area (Å²) in [5, 5.41) is 21.9. The Morgan fingerprint density at radius 3 is 2.42 bits per heavy atom. The van der Waals surface area contributed by atoms with E-state index in [1.165, 1.54) is 12.1 Å². The number of rotatable bonds is 3. The largest absolute Gasteiger partial charge is 0.508 e. The monoisotopic (exact) mass is 261 g/mol. The van der Waals surface area contributed by atoms with Crippen molar-refractivity contribution in [2.75, 3.05) is 5.32 Å². The standard InChI is InChI=1S/C15H16FNO2/c1-9-6-15(19)10(2)5-13(9)17-8-11-3-4-14(18)12(16)7-11/h3-7,17-19H,8H2,1-2H3. The van der Waals surface area contributed by atoms with Crippen LogP contribution in [0.15, 0.2) is 30.3 Å². The first-order chi connectivity index (χ1) is 8.97. The number of phenols is 2. The molecule has 0 saturated carbocycles. The molecule has 0 unspecified atom stereocenters. The Labute approximate surface area is 111 Å². The Morgan fingerprint density at radius 2 is 1.74 bits per heavy atom. The fraction of sp³-hybridized carbons (Fsp3) is 0.200. The maximum atomic E-state index is 13.2. The molecule has 0 aliphatic heterocycles. The highest BCUT2D eigenvalue weighted by Gasteiger charge is 2.05. The van der Waals surface area contributed by atoms with Gasteiger partial charge in [0.15, 0.2) is 11.6 Å². The maximum Gasteiger partial charge on any atom is 0.165 e. The molecule has 2 aromatic rings. The van der Waals surface area contributed by atoms with Crippen LogP contribution in [-0.4, -0.2) is 10.2 Å². The second-order valence-electron chi connectivity index (χ2n) is 4.59. The van der Waals surface area contributed by atoms with Crippen LogP contribution in [0.2, 0.25) is 0 Å². The molecule has 0 atom stereocenters. The van der Waals surface area contributed by atoms with Crippen LogP contribution in [0.1, 0.15) is 16.7 Å². The number of hydrogen-bond acceptors (Lipinski definition) is 3. The Kier molecular flexibility index (Phi) is 3.60. The highest BCUT2D eigenvalue weighted by molar-refractivity contribution is 5.56. The summed E-state index contributed by atoms with van der Waals surface area (Å²) in [5.74, 6) is -0.711. The SMILES string of the molecule is Cc1cc(NCc2ccc(O)c(F)c2)c(C)cc1O. The summed E-state index contributed by atoms with van der Waals surface area (Å²) in [6.07, 6.45) is 0. The molecular weight excluding hydrogens is 245 g/mol. The number of benzene rings is 2. The number of aryl methyl sites for hydroxylation is 2. The highest BCUT2D eigenvalue weighted by Crippen LogP contribution is 2.25. The molecule has 0 heterocycles. The van der Waals surface area contributed by atoms with Gasteiger partial charge >= 0.3 is 0 Å². The molecule has 0 aliphatic carbocycles. The van der Waals surface area contributed by atoms with Gasteiger partial charge < -0.3 is 15.5 Å². The van der Waals surface area contributed by atoms with Gasteiger partial charge in [0, 0.05) is 12.2 Å². The van der Waals surface area contributed by atoms with Gasteiger partial charge in [0.25, 0.3) is 0 Å². The van der Waals surface area contributed by atoms with E-state index in [1.807, 2.05) is 19.9 Å². The van der Waals surface area contributed by atoms with Crippen molar-refractivity contribution < 1.29 is 14.6 Å². The van der Waals surface area contributed by atoms with Gasteiger partial charge in [0.2, 0.25) is 0 Å². The fourth-order valence-corrected chi connectivity index (χ4v) is 1.85. The van der Waals surface area contributed by atoms with Crippen molar-refractivity contribution in [3.63, 3.8) is 0 Å². The van der Waals surface area contributed by atoms with Crippen LogP contribution in [0.3, 0.4) is 0 Å². The third-order valence-corrected chi connectivity index (χ3v) is 3.04. The first-order valence-electron chi connectivity index (χ1n) is 5.99. The van der Waals surface area contributed by atoms with Crippen molar-refractivity contribution in [1.82, 2.24) is 0 Å². The van der Waals surface area contributed by atoms with E-state index < -0.39 is 5.82 Å². The van der Waals surface area contributed by atoms with E-state index in [0.29, 0.717) is 6.54 Å². The normalized spacial score (nSPS) is 10.5. The zero-order valence-corrected chi connectivity index (χ0v) is 10.9. The van der Waals surface area contributed by atoms with Crippen LogP contribution in [0.5, 0.6) is 11.5 Å². The number of anilines is 1. The zero-order valence-electron chi connectivity index (χ0n) is 10.9. The predicted octanol–water partition coefficient (Wildman–Crippen LogP) is 3.47. The average molecular weight is 261 g/mol. The topological polar surface area (TPSA) is 52.5 Å². The average Bonchev–Trinajstić information content (AvgIpc) is 2.36. The Morgan fingerprint density at radius 1 is 1.00 bits per heavy atom. The minimum atomic E-state index is -0.627. The molecule has 3 N–H and O–H groups in total. The van der Waals surface area contributed by atoms with E-state index in [-0.39, 0.29) is 11.5 Å². The van der Waals surface area contributed by atoms with E-state index in [9.17, 15) is 9.50 Å². The van der Waals surface area contributed by atoms with Gasteiger partial charge in [-0.25, -0.2) is 4.39 Å². The molecule has 0 fully saturated rings. The van der Waals surface area contributed by atoms with Crippen molar-refractivity contribution in [2.24, 2.45) is 0 Å². The Balaban J connectivity index is 2.14. The van der Waals surface area contributed by atoms with E-state index in [4.69, 9.17) is 5.11 Å². The van der Waals surface area contributed by atoms with Gasteiger partial charge in [0.05, 0.1) is 0 Å². The Bertz CT molecular complexity index is 611. The molecule has 0 aliphatic rings. The third kappa shape index (κ3) is 2.96. The second-order valence-corrected chi connectivity index (χ2v) is 4.59. The third-order valence-electron chi connectivity index (χ3n) is 3.04. The summed E-state index contributed by atoms with van der Waals surface area (Å²) in [7, 11) is 0. The van der Waals surface area contributed by atoms with Crippen LogP contribution < -0.4 is 5.32 Å². The maximum absolute atomic E-state index is 13.2. The van der Waals surface area contributed by atoms with Crippen LogP contribution in [-0.2, 0) is 6.54 Å². The molecule has 0 aromatic heterocycles. The van der Waals surface area contributed by atoms with Gasteiger partial charge in [-0.3, -0.25) is 0 Å². The molecule has 0 radical (unpaired) electrons. The van der Waals surface area contributed by atoms with Gasteiger partial charge in [-0.2, -0.15) is 0 Å². The van der Waals surface area contributed by atoms with Crippen molar-refractivity contribution in [1.29, 1.82) is 0 Å². The summed E-state index contributed by atoms with van der Waals surface area (Å²) in [5.41, 5.74) is 3.33. The van der Waals surface area contributed by atoms with Gasteiger partial charge in [-0.15, -0.1) is 0 Å². The van der Waals surface area contributed by atoms with Crippen molar-refractivity contribution in [2.45, 2.75) is 20.4 Å². The minimum Gasteiger partial charge on any atom is -0.508 e. The molecule has 19 heavy (non-hydrogen) atoms. The lowest BCUT2D eigenvalue weighted by Gasteiger charge is -2.12. The molecule has 0 bridgehead atoms. The predicted molar refractivity (Wildman–Crippen MR) is 73.0 cm³/mol. The lowest BCUT2D eigenvalue weighted by Crippen LogP contribution is -2.01. The first-order valence-corrected chi connectivity index (χ1v) is 5.99. The summed E-state index contributed by atoms with van der Waals surface area (Å²) in [6.45, 7) is 4.15. The van der Waals surface area contributed by atoms with E-state index >= 15 is 0 Å². The van der Waals surface area contributed by atoms with Crippen LogP contribution in [0.4, 0.5) is 10.1 Å². The minimum absolute atomic E-state index is 0.263. The van der Waals surface area contributed by atoms with Crippen molar-refractivity contribution in [3.8, 4) is 11.5 Å². The number of aromatic hydroxyl groups is 2. The summed E-state index contributed by atoms with van der Waals surface area (Å²) in [4.78, 5) is 0. The zero-order chi connectivity index (χ0) is 14.0. The van der Waals surface area contributed by atoms with Gasteiger partial charge in [-0.05, 0) is 54.8 Å². The molecule has 2 rings (SSSR count). The van der Waals surface area contributed by atoms with Crippen molar-refractivity contribution in [3.05, 3.63) is 52.8 Å². The quantitative estimate of drug-likeness (QED) is 0.741. The number of phenolic OH excluding ortho intramolecular Hbond substituents is 2. The van der Waals surface area contributed by atoms with E-state index in [0.717, 1.165) is 22.4 Å². The molecule has 100 valence electrons. The molecule has 4 heteroatoms. The summed E-state index contributed by atoms with van der Waals surface area (Å²) >= 11 is 0. The van der Waals surface area contributed by atoms with Crippen LogP contribution in [0.25, 0.3) is 0 Å². The first kappa shape index (κ1) is 13.2. The smallest absolute Gasteiger partial charge is 0.165 e. The summed E-state index contributed by atoms with van der Waals surface area (Å²) < 4.78 is 13.2. The van der Waals surface area contributed by atoms with Gasteiger partial charge in [0.1, 0.15) is 5.75 Å². The fourth-order valence-electron chi connectivity index (χ4n) is 1.85. The molecule has 2 aromatic carbocycles. The molecule has 3 nitrogen and oxygen atoms in total. The lowest BCUT2D eigenvalue weighted by atomic mass is 10.1. The molecule has 0 saturated heterocycles. The lowest BCUT2D eigenvalue weighted by molar-refractivity contribution is 0.432. The van der Waals surface area contributed by atoms with E-state index in [2.05, 4.69) is 5.32 Å². The number of nitrogens with one attached hydrogen (secondary N) is 1. The van der Waals surface area contributed by atoms with Crippen molar-refractivity contribution >= 4 is 5.69 Å². The van der Waals surface area contributed by atoms with E-state index in [1.54, 1.807) is 12.1 Å². The van der Waals surface area contributed by atoms with Crippen LogP contribution in [0, 0.1) is 19.7 Å². The highest BCUT2D eigenvalue weighted by atomic mass is 19.1. The number of halogens is 1.